The highest BCUT2D eigenvalue weighted by Gasteiger charge is 2.22. The third kappa shape index (κ3) is 2.69. The van der Waals surface area contributed by atoms with E-state index in [4.69, 9.17) is 0 Å². The Morgan fingerprint density at radius 2 is 2.08 bits per heavy atom. The summed E-state index contributed by atoms with van der Waals surface area (Å²) in [6.07, 6.45) is 2.54. The van der Waals surface area contributed by atoms with Crippen molar-refractivity contribution in [2.75, 3.05) is 0 Å². The van der Waals surface area contributed by atoms with Crippen molar-refractivity contribution in [3.05, 3.63) is 19.4 Å². The van der Waals surface area contributed by atoms with Crippen LogP contribution in [0.25, 0.3) is 0 Å². The molecule has 0 atom stereocenters. The smallest absolute Gasteiger partial charge is 0.0659 e. The Hall–Kier alpha value is 0.430. The van der Waals surface area contributed by atoms with Gasteiger partial charge >= 0.3 is 0 Å². The van der Waals surface area contributed by atoms with E-state index < -0.39 is 0 Å². The molecule has 0 N–H and O–H groups in total. The number of rotatable bonds is 3. The Morgan fingerprint density at radius 3 is 2.46 bits per heavy atom. The summed E-state index contributed by atoms with van der Waals surface area (Å²) in [6, 6.07) is 2.34. The summed E-state index contributed by atoms with van der Waals surface area (Å²) in [7, 11) is 0. The number of thiophene rings is 1. The van der Waals surface area contributed by atoms with Crippen LogP contribution in [0, 0.1) is 9.81 Å². The van der Waals surface area contributed by atoms with Gasteiger partial charge in [-0.25, -0.2) is 0 Å². The van der Waals surface area contributed by atoms with Crippen molar-refractivity contribution in [1.82, 2.24) is 0 Å². The Labute approximate surface area is 98.9 Å². The van der Waals surface area contributed by atoms with Crippen molar-refractivity contribution >= 4 is 33.9 Å². The minimum atomic E-state index is 0.360. The summed E-state index contributed by atoms with van der Waals surface area (Å²) < 4.78 is 1.41. The molecule has 2 heteroatoms. The average Bonchev–Trinajstić information content (AvgIpc) is 2.30. The zero-order valence-corrected chi connectivity index (χ0v) is 11.8. The Balaban J connectivity index is 2.98. The normalized spacial score (nSPS) is 12.1. The van der Waals surface area contributed by atoms with Crippen molar-refractivity contribution < 1.29 is 0 Å². The van der Waals surface area contributed by atoms with Crippen molar-refractivity contribution in [2.45, 2.75) is 46.0 Å². The zero-order valence-electron chi connectivity index (χ0n) is 8.78. The molecule has 0 amide bonds. The fraction of sp³-hybridized carbons (Fsp3) is 0.636. The van der Waals surface area contributed by atoms with Gasteiger partial charge in [0.1, 0.15) is 0 Å². The lowest BCUT2D eigenvalue weighted by molar-refractivity contribution is 0.472. The van der Waals surface area contributed by atoms with E-state index >= 15 is 0 Å². The molecule has 0 radical (unpaired) electrons. The molecule has 0 aromatic carbocycles. The van der Waals surface area contributed by atoms with Crippen LogP contribution in [-0.4, -0.2) is 0 Å². The predicted octanol–water partition coefficient (Wildman–Crippen LogP) is 4.74. The molecule has 0 saturated carbocycles. The largest absolute Gasteiger partial charge is 0.134 e. The van der Waals surface area contributed by atoms with Gasteiger partial charge < -0.3 is 0 Å². The van der Waals surface area contributed by atoms with E-state index in [9.17, 15) is 0 Å². The molecule has 13 heavy (non-hydrogen) atoms. The summed E-state index contributed by atoms with van der Waals surface area (Å²) >= 11 is 4.32. The summed E-state index contributed by atoms with van der Waals surface area (Å²) in [5.74, 6) is 0. The van der Waals surface area contributed by atoms with Gasteiger partial charge in [-0.2, -0.15) is 0 Å². The van der Waals surface area contributed by atoms with Crippen LogP contribution in [0.3, 0.4) is 0 Å². The first-order valence-corrected chi connectivity index (χ1v) is 6.63. The van der Waals surface area contributed by atoms with E-state index in [1.54, 1.807) is 5.56 Å². The molecule has 0 unspecified atom stereocenters. The van der Waals surface area contributed by atoms with Crippen molar-refractivity contribution in [3.63, 3.8) is 0 Å². The second-order valence-electron chi connectivity index (χ2n) is 4.15. The summed E-state index contributed by atoms with van der Waals surface area (Å²) in [4.78, 5) is 1.49. The SMILES string of the molecule is CCCC(C)(C)c1cc(I)sc1C. The van der Waals surface area contributed by atoms with Gasteiger partial charge in [-0.05, 0) is 53.0 Å². The Kier molecular flexibility index (Phi) is 3.81. The highest BCUT2D eigenvalue weighted by Crippen LogP contribution is 2.35. The maximum atomic E-state index is 2.41. The molecular weight excluding hydrogens is 291 g/mol. The molecule has 0 aliphatic rings. The molecule has 74 valence electrons. The third-order valence-corrected chi connectivity index (χ3v) is 4.30. The standard InChI is InChI=1S/C11H17IS/c1-5-6-11(3,4)9-7-10(12)13-8(9)2/h7H,5-6H2,1-4H3. The van der Waals surface area contributed by atoms with E-state index in [1.807, 2.05) is 11.3 Å². The van der Waals surface area contributed by atoms with Gasteiger partial charge in [0.2, 0.25) is 0 Å². The molecule has 0 spiro atoms. The lowest BCUT2D eigenvalue weighted by Gasteiger charge is -2.24. The monoisotopic (exact) mass is 308 g/mol. The number of halogens is 1. The molecule has 1 aromatic heterocycles. The zero-order chi connectivity index (χ0) is 10.1. The van der Waals surface area contributed by atoms with E-state index in [0.717, 1.165) is 0 Å². The van der Waals surface area contributed by atoms with Crippen LogP contribution in [0.2, 0.25) is 0 Å². The van der Waals surface area contributed by atoms with Gasteiger partial charge in [0, 0.05) is 4.88 Å². The van der Waals surface area contributed by atoms with Crippen LogP contribution in [0.1, 0.15) is 44.1 Å². The van der Waals surface area contributed by atoms with Crippen LogP contribution in [0.5, 0.6) is 0 Å². The molecule has 0 nitrogen and oxygen atoms in total. The van der Waals surface area contributed by atoms with Crippen molar-refractivity contribution in [2.24, 2.45) is 0 Å². The van der Waals surface area contributed by atoms with E-state index in [2.05, 4.69) is 56.4 Å². The first-order valence-electron chi connectivity index (χ1n) is 4.74. The molecule has 1 rings (SSSR count). The minimum absolute atomic E-state index is 0.360. The lowest BCUT2D eigenvalue weighted by Crippen LogP contribution is -2.16. The van der Waals surface area contributed by atoms with Gasteiger partial charge in [0.15, 0.2) is 0 Å². The van der Waals surface area contributed by atoms with E-state index in [0.29, 0.717) is 5.41 Å². The van der Waals surface area contributed by atoms with E-state index in [-0.39, 0.29) is 0 Å². The molecule has 1 heterocycles. The fourth-order valence-corrected chi connectivity index (χ4v) is 4.09. The quantitative estimate of drug-likeness (QED) is 0.708. The van der Waals surface area contributed by atoms with Gasteiger partial charge in [0.05, 0.1) is 2.88 Å². The molecule has 0 bridgehead atoms. The van der Waals surface area contributed by atoms with Crippen LogP contribution in [0.15, 0.2) is 6.07 Å². The Bertz CT molecular complexity index is 286. The summed E-state index contributed by atoms with van der Waals surface area (Å²) in [6.45, 7) is 9.19. The molecule has 0 saturated heterocycles. The molecule has 0 aliphatic heterocycles. The highest BCUT2D eigenvalue weighted by molar-refractivity contribution is 14.1. The van der Waals surface area contributed by atoms with Crippen LogP contribution < -0.4 is 0 Å². The van der Waals surface area contributed by atoms with Crippen LogP contribution >= 0.6 is 33.9 Å². The van der Waals surface area contributed by atoms with Crippen LogP contribution in [0.4, 0.5) is 0 Å². The second kappa shape index (κ2) is 4.30. The molecule has 1 aromatic rings. The first-order chi connectivity index (χ1) is 5.97. The number of hydrogen-bond acceptors (Lipinski definition) is 1. The third-order valence-electron chi connectivity index (χ3n) is 2.49. The number of hydrogen-bond donors (Lipinski definition) is 0. The average molecular weight is 308 g/mol. The summed E-state index contributed by atoms with van der Waals surface area (Å²) in [5.41, 5.74) is 1.91. The summed E-state index contributed by atoms with van der Waals surface area (Å²) in [5, 5.41) is 0. The van der Waals surface area contributed by atoms with Gasteiger partial charge in [-0.3, -0.25) is 0 Å². The maximum Gasteiger partial charge on any atom is 0.0659 e. The topological polar surface area (TPSA) is 0 Å². The van der Waals surface area contributed by atoms with Gasteiger partial charge in [-0.15, -0.1) is 11.3 Å². The number of aryl methyl sites for hydroxylation is 1. The van der Waals surface area contributed by atoms with Crippen LogP contribution in [-0.2, 0) is 5.41 Å². The fourth-order valence-electron chi connectivity index (χ4n) is 1.88. The highest BCUT2D eigenvalue weighted by atomic mass is 127. The lowest BCUT2D eigenvalue weighted by atomic mass is 9.81. The van der Waals surface area contributed by atoms with Gasteiger partial charge in [0.25, 0.3) is 0 Å². The van der Waals surface area contributed by atoms with Crippen molar-refractivity contribution in [1.29, 1.82) is 0 Å². The van der Waals surface area contributed by atoms with Crippen molar-refractivity contribution in [3.8, 4) is 0 Å². The molecule has 0 aliphatic carbocycles. The maximum absolute atomic E-state index is 2.41. The van der Waals surface area contributed by atoms with Gasteiger partial charge in [-0.1, -0.05) is 27.2 Å². The molecular formula is C11H17IS. The minimum Gasteiger partial charge on any atom is -0.134 e. The first kappa shape index (κ1) is 11.5. The Morgan fingerprint density at radius 1 is 1.46 bits per heavy atom. The second-order valence-corrected chi connectivity index (χ2v) is 7.30. The van der Waals surface area contributed by atoms with E-state index in [1.165, 1.54) is 20.6 Å². The predicted molar refractivity (Wildman–Crippen MR) is 69.7 cm³/mol. The molecule has 0 fully saturated rings.